The van der Waals surface area contributed by atoms with Gasteiger partial charge in [0.15, 0.2) is 0 Å². The lowest BCUT2D eigenvalue weighted by molar-refractivity contribution is -0.121. The molecule has 2 fully saturated rings. The van der Waals surface area contributed by atoms with Gasteiger partial charge in [-0.25, -0.2) is 0 Å². The number of carbonyl (C=O) groups excluding carboxylic acids is 1. The number of benzene rings is 2. The molecule has 4 nitrogen and oxygen atoms in total. The summed E-state index contributed by atoms with van der Waals surface area (Å²) in [6.07, 6.45) is 2.87. The first-order valence-corrected chi connectivity index (χ1v) is 9.26. The van der Waals surface area contributed by atoms with E-state index in [9.17, 15) is 4.79 Å². The molecule has 2 heterocycles. The van der Waals surface area contributed by atoms with Gasteiger partial charge in [-0.2, -0.15) is 5.26 Å². The summed E-state index contributed by atoms with van der Waals surface area (Å²) in [5.74, 6) is 0.154. The number of rotatable bonds is 3. The molecule has 2 saturated heterocycles. The van der Waals surface area contributed by atoms with E-state index in [1.807, 2.05) is 36.4 Å². The minimum absolute atomic E-state index is 0.0185. The third-order valence-electron chi connectivity index (χ3n) is 5.78. The second-order valence-electron chi connectivity index (χ2n) is 7.53. The Morgan fingerprint density at radius 1 is 1.12 bits per heavy atom. The van der Waals surface area contributed by atoms with Crippen molar-refractivity contribution in [2.45, 2.75) is 37.3 Å². The van der Waals surface area contributed by atoms with Crippen molar-refractivity contribution in [1.29, 1.82) is 5.26 Å². The predicted molar refractivity (Wildman–Crippen MR) is 100 cm³/mol. The quantitative estimate of drug-likeness (QED) is 0.929. The van der Waals surface area contributed by atoms with E-state index in [1.165, 1.54) is 5.56 Å². The first kappa shape index (κ1) is 16.8. The van der Waals surface area contributed by atoms with E-state index < -0.39 is 0 Å². The topological polar surface area (TPSA) is 56.1 Å². The van der Waals surface area contributed by atoms with E-state index in [0.29, 0.717) is 5.56 Å². The molecule has 0 unspecified atom stereocenters. The molecule has 132 valence electrons. The van der Waals surface area contributed by atoms with Gasteiger partial charge < -0.3 is 5.32 Å². The lowest BCUT2D eigenvalue weighted by atomic mass is 9.82. The first-order chi connectivity index (χ1) is 12.7. The highest BCUT2D eigenvalue weighted by molar-refractivity contribution is 5.87. The standard InChI is InChI=1S/C22H23N3O/c23-15-17-5-4-6-18(13-17)16-25-11-9-22(10-12-25)14-20(21(26)24-22)19-7-2-1-3-8-19/h1-8,13,20H,9-12,14,16H2,(H,24,26)/t20-/m0/s1. The van der Waals surface area contributed by atoms with Gasteiger partial charge in [0.2, 0.25) is 5.91 Å². The van der Waals surface area contributed by atoms with Gasteiger partial charge in [-0.15, -0.1) is 0 Å². The Hall–Kier alpha value is -2.64. The van der Waals surface area contributed by atoms with Crippen molar-refractivity contribution in [3.63, 3.8) is 0 Å². The molecule has 1 amide bonds. The number of carbonyl (C=O) groups is 1. The van der Waals surface area contributed by atoms with Crippen molar-refractivity contribution in [3.05, 3.63) is 71.3 Å². The molecule has 0 saturated carbocycles. The van der Waals surface area contributed by atoms with Crippen LogP contribution >= 0.6 is 0 Å². The molecule has 2 aliphatic rings. The molecule has 1 atom stereocenters. The monoisotopic (exact) mass is 345 g/mol. The van der Waals surface area contributed by atoms with Crippen molar-refractivity contribution in [2.24, 2.45) is 0 Å². The van der Waals surface area contributed by atoms with Crippen LogP contribution in [0.5, 0.6) is 0 Å². The zero-order chi connectivity index (χ0) is 18.0. The van der Waals surface area contributed by atoms with Gasteiger partial charge >= 0.3 is 0 Å². The smallest absolute Gasteiger partial charge is 0.228 e. The molecule has 1 spiro atoms. The van der Waals surface area contributed by atoms with E-state index in [0.717, 1.165) is 44.5 Å². The first-order valence-electron chi connectivity index (χ1n) is 9.26. The Bertz CT molecular complexity index is 832. The largest absolute Gasteiger partial charge is 0.350 e. The maximum Gasteiger partial charge on any atom is 0.228 e. The molecule has 4 heteroatoms. The highest BCUT2D eigenvalue weighted by Gasteiger charge is 2.45. The Balaban J connectivity index is 1.39. The van der Waals surface area contributed by atoms with Gasteiger partial charge in [-0.05, 0) is 42.5 Å². The van der Waals surface area contributed by atoms with Crippen LogP contribution in [0.4, 0.5) is 0 Å². The van der Waals surface area contributed by atoms with Gasteiger partial charge in [0, 0.05) is 25.2 Å². The second-order valence-corrected chi connectivity index (χ2v) is 7.53. The number of hydrogen-bond donors (Lipinski definition) is 1. The molecule has 0 radical (unpaired) electrons. The van der Waals surface area contributed by atoms with E-state index in [1.54, 1.807) is 0 Å². The van der Waals surface area contributed by atoms with Gasteiger partial charge in [0.05, 0.1) is 17.6 Å². The van der Waals surface area contributed by atoms with Crippen LogP contribution in [0.1, 0.15) is 41.9 Å². The molecule has 4 rings (SSSR count). The SMILES string of the molecule is N#Cc1cccc(CN2CCC3(CC2)C[C@@H](c2ccccc2)C(=O)N3)c1. The van der Waals surface area contributed by atoms with Crippen LogP contribution in [-0.2, 0) is 11.3 Å². The Morgan fingerprint density at radius 3 is 2.62 bits per heavy atom. The van der Waals surface area contributed by atoms with E-state index >= 15 is 0 Å². The van der Waals surface area contributed by atoms with Crippen LogP contribution in [-0.4, -0.2) is 29.4 Å². The number of nitrogens with one attached hydrogen (secondary N) is 1. The van der Waals surface area contributed by atoms with Crippen molar-refractivity contribution in [2.75, 3.05) is 13.1 Å². The van der Waals surface area contributed by atoms with Crippen LogP contribution < -0.4 is 5.32 Å². The molecule has 2 aromatic carbocycles. The van der Waals surface area contributed by atoms with Crippen LogP contribution in [0.25, 0.3) is 0 Å². The average Bonchev–Trinajstić information content (AvgIpc) is 3.01. The molecule has 1 N–H and O–H groups in total. The van der Waals surface area contributed by atoms with E-state index in [2.05, 4.69) is 34.5 Å². The number of nitrogens with zero attached hydrogens (tertiary/aromatic N) is 2. The summed E-state index contributed by atoms with van der Waals surface area (Å²) in [6.45, 7) is 2.80. The lowest BCUT2D eigenvalue weighted by Gasteiger charge is -2.39. The number of nitriles is 1. The van der Waals surface area contributed by atoms with Crippen LogP contribution in [0, 0.1) is 11.3 Å². The fourth-order valence-corrected chi connectivity index (χ4v) is 4.30. The summed E-state index contributed by atoms with van der Waals surface area (Å²) in [7, 11) is 0. The number of hydrogen-bond acceptors (Lipinski definition) is 3. The van der Waals surface area contributed by atoms with Crippen molar-refractivity contribution >= 4 is 5.91 Å². The molecule has 2 aromatic rings. The van der Waals surface area contributed by atoms with Gasteiger partial charge in [0.1, 0.15) is 0 Å². The fourth-order valence-electron chi connectivity index (χ4n) is 4.30. The van der Waals surface area contributed by atoms with Crippen molar-refractivity contribution in [3.8, 4) is 6.07 Å². The molecule has 0 bridgehead atoms. The third kappa shape index (κ3) is 3.36. The Kier molecular flexibility index (Phi) is 4.48. The number of piperidine rings is 1. The summed E-state index contributed by atoms with van der Waals surface area (Å²) in [6, 6.07) is 20.1. The molecule has 2 aliphatic heterocycles. The second kappa shape index (κ2) is 6.93. The minimum atomic E-state index is -0.0530. The average molecular weight is 345 g/mol. The van der Waals surface area contributed by atoms with Crippen molar-refractivity contribution in [1.82, 2.24) is 10.2 Å². The van der Waals surface area contributed by atoms with Crippen molar-refractivity contribution < 1.29 is 4.79 Å². The maximum absolute atomic E-state index is 12.5. The Labute approximate surface area is 154 Å². The van der Waals surface area contributed by atoms with Gasteiger partial charge in [-0.1, -0.05) is 42.5 Å². The zero-order valence-electron chi connectivity index (χ0n) is 14.8. The summed E-state index contributed by atoms with van der Waals surface area (Å²) < 4.78 is 0. The molecule has 0 aliphatic carbocycles. The highest BCUT2D eigenvalue weighted by atomic mass is 16.2. The fraction of sp³-hybridized carbons (Fsp3) is 0.364. The van der Waals surface area contributed by atoms with Crippen LogP contribution in [0.2, 0.25) is 0 Å². The van der Waals surface area contributed by atoms with E-state index in [-0.39, 0.29) is 17.4 Å². The minimum Gasteiger partial charge on any atom is -0.350 e. The Morgan fingerprint density at radius 2 is 1.88 bits per heavy atom. The molecular weight excluding hydrogens is 322 g/mol. The summed E-state index contributed by atoms with van der Waals surface area (Å²) in [4.78, 5) is 15.0. The normalized spacial score (nSPS) is 22.1. The highest BCUT2D eigenvalue weighted by Crippen LogP contribution is 2.39. The number of amides is 1. The summed E-state index contributed by atoms with van der Waals surface area (Å²) in [5, 5.41) is 12.4. The summed E-state index contributed by atoms with van der Waals surface area (Å²) >= 11 is 0. The molecule has 0 aromatic heterocycles. The van der Waals surface area contributed by atoms with Crippen LogP contribution in [0.15, 0.2) is 54.6 Å². The number of likely N-dealkylation sites (tertiary alicyclic amines) is 1. The zero-order valence-corrected chi connectivity index (χ0v) is 14.8. The van der Waals surface area contributed by atoms with Crippen LogP contribution in [0.3, 0.4) is 0 Å². The third-order valence-corrected chi connectivity index (χ3v) is 5.78. The lowest BCUT2D eigenvalue weighted by Crippen LogP contribution is -2.50. The maximum atomic E-state index is 12.5. The van der Waals surface area contributed by atoms with Gasteiger partial charge in [0.25, 0.3) is 0 Å². The molecular formula is C22H23N3O. The summed E-state index contributed by atoms with van der Waals surface area (Å²) in [5.41, 5.74) is 2.96. The predicted octanol–water partition coefficient (Wildman–Crippen LogP) is 3.20. The van der Waals surface area contributed by atoms with E-state index in [4.69, 9.17) is 5.26 Å². The van der Waals surface area contributed by atoms with Gasteiger partial charge in [-0.3, -0.25) is 9.69 Å². The molecule has 26 heavy (non-hydrogen) atoms.